The number of benzene rings is 2. The quantitative estimate of drug-likeness (QED) is 0.711. The number of nitrogens with two attached hydrogens (primary N) is 1. The molecule has 1 aliphatic rings. The number of aliphatic imine (C=N–C) groups is 1. The number of primary amides is 1. The predicted molar refractivity (Wildman–Crippen MR) is 112 cm³/mol. The van der Waals surface area contributed by atoms with Crippen LogP contribution in [0.25, 0.3) is 0 Å². The van der Waals surface area contributed by atoms with Crippen LogP contribution in [0.3, 0.4) is 0 Å². The zero-order valence-corrected chi connectivity index (χ0v) is 17.0. The second-order valence-electron chi connectivity index (χ2n) is 6.48. The Labute approximate surface area is 177 Å². The van der Waals surface area contributed by atoms with Gasteiger partial charge in [-0.2, -0.15) is 0 Å². The summed E-state index contributed by atoms with van der Waals surface area (Å²) in [5.74, 6) is -1.71. The number of nitrogens with zero attached hydrogens (tertiary/aromatic N) is 2. The number of hydrogen-bond acceptors (Lipinski definition) is 6. The van der Waals surface area contributed by atoms with Gasteiger partial charge in [-0.25, -0.2) is 14.2 Å². The minimum Gasteiger partial charge on any atom is -0.462 e. The second-order valence-corrected chi connectivity index (χ2v) is 7.65. The molecule has 0 bridgehead atoms. The topological polar surface area (TPSA) is 102 Å². The van der Waals surface area contributed by atoms with Crippen LogP contribution in [0, 0.1) is 5.82 Å². The first-order valence-electron chi connectivity index (χ1n) is 9.24. The van der Waals surface area contributed by atoms with Crippen molar-refractivity contribution in [2.45, 2.75) is 25.1 Å². The molecule has 0 aliphatic carbocycles. The summed E-state index contributed by atoms with van der Waals surface area (Å²) in [6, 6.07) is 12.2. The van der Waals surface area contributed by atoms with Crippen LogP contribution in [0.15, 0.2) is 53.5 Å². The number of thioether (sulfide) groups is 1. The van der Waals surface area contributed by atoms with E-state index in [0.717, 1.165) is 11.8 Å². The summed E-state index contributed by atoms with van der Waals surface area (Å²) in [5.41, 5.74) is 6.99. The molecule has 1 unspecified atom stereocenters. The molecule has 2 aromatic carbocycles. The highest BCUT2D eigenvalue weighted by atomic mass is 32.2. The molecule has 1 aliphatic heterocycles. The third-order valence-electron chi connectivity index (χ3n) is 4.31. The van der Waals surface area contributed by atoms with E-state index in [9.17, 15) is 18.8 Å². The van der Waals surface area contributed by atoms with Gasteiger partial charge in [0.2, 0.25) is 11.8 Å². The molecular weight excluding hydrogens is 409 g/mol. The maximum atomic E-state index is 13.2. The number of esters is 1. The highest BCUT2D eigenvalue weighted by Crippen LogP contribution is 2.30. The van der Waals surface area contributed by atoms with Gasteiger partial charge in [-0.05, 0) is 48.9 Å². The van der Waals surface area contributed by atoms with Gasteiger partial charge in [0, 0.05) is 6.42 Å². The smallest absolute Gasteiger partial charge is 0.338 e. The molecule has 0 aromatic heterocycles. The van der Waals surface area contributed by atoms with E-state index >= 15 is 0 Å². The van der Waals surface area contributed by atoms with Crippen molar-refractivity contribution in [1.29, 1.82) is 0 Å². The molecule has 0 spiro atoms. The molecule has 9 heteroatoms. The van der Waals surface area contributed by atoms with Crippen molar-refractivity contribution in [3.8, 4) is 0 Å². The van der Waals surface area contributed by atoms with Crippen molar-refractivity contribution in [3.63, 3.8) is 0 Å². The average molecular weight is 429 g/mol. The molecule has 3 rings (SSSR count). The third-order valence-corrected chi connectivity index (χ3v) is 5.52. The van der Waals surface area contributed by atoms with E-state index in [1.54, 1.807) is 43.3 Å². The Morgan fingerprint density at radius 1 is 1.20 bits per heavy atom. The van der Waals surface area contributed by atoms with Crippen LogP contribution in [0.2, 0.25) is 0 Å². The monoisotopic (exact) mass is 429 g/mol. The molecule has 2 aromatic rings. The molecular formula is C21H20FN3O4S. The standard InChI is InChI=1S/C21H20FN3O4S/c1-2-29-20(28)14-5-9-16(10-6-14)24-21-25(12-13-3-7-15(22)8-4-13)18(26)11-17(30-21)19(23)27/h3-10,17H,2,11-12H2,1H3,(H2,23,27). The molecule has 7 nitrogen and oxygen atoms in total. The fourth-order valence-electron chi connectivity index (χ4n) is 2.78. The lowest BCUT2D eigenvalue weighted by molar-refractivity contribution is -0.130. The number of amides is 2. The summed E-state index contributed by atoms with van der Waals surface area (Å²) in [5, 5.41) is -0.414. The van der Waals surface area contributed by atoms with Gasteiger partial charge in [0.05, 0.1) is 29.7 Å². The molecule has 2 N–H and O–H groups in total. The third kappa shape index (κ3) is 5.24. The minimum atomic E-state index is -0.723. The summed E-state index contributed by atoms with van der Waals surface area (Å²) in [7, 11) is 0. The fraction of sp³-hybridized carbons (Fsp3) is 0.238. The van der Waals surface area contributed by atoms with Gasteiger partial charge < -0.3 is 10.5 Å². The largest absolute Gasteiger partial charge is 0.462 e. The number of carbonyl (C=O) groups excluding carboxylic acids is 3. The summed E-state index contributed by atoms with van der Waals surface area (Å²) < 4.78 is 18.1. The molecule has 0 radical (unpaired) electrons. The Kier molecular flexibility index (Phi) is 6.83. The Morgan fingerprint density at radius 2 is 1.87 bits per heavy atom. The van der Waals surface area contributed by atoms with E-state index in [1.807, 2.05) is 0 Å². The van der Waals surface area contributed by atoms with Crippen LogP contribution >= 0.6 is 11.8 Å². The highest BCUT2D eigenvalue weighted by Gasteiger charge is 2.34. The summed E-state index contributed by atoms with van der Waals surface area (Å²) in [6.07, 6.45) is -0.0397. The number of rotatable bonds is 6. The van der Waals surface area contributed by atoms with Crippen molar-refractivity contribution < 1.29 is 23.5 Å². The molecule has 1 fully saturated rings. The maximum absolute atomic E-state index is 13.2. The number of halogens is 1. The molecule has 1 atom stereocenters. The van der Waals surface area contributed by atoms with Gasteiger partial charge in [0.25, 0.3) is 0 Å². The lowest BCUT2D eigenvalue weighted by Gasteiger charge is -2.31. The molecule has 2 amide bonds. The van der Waals surface area contributed by atoms with Crippen LogP contribution in [0.4, 0.5) is 10.1 Å². The number of amidine groups is 1. The number of ether oxygens (including phenoxy) is 1. The summed E-state index contributed by atoms with van der Waals surface area (Å²) >= 11 is 1.10. The number of hydrogen-bond donors (Lipinski definition) is 1. The molecule has 1 heterocycles. The molecule has 1 saturated heterocycles. The van der Waals surface area contributed by atoms with Gasteiger partial charge in [0.1, 0.15) is 5.82 Å². The molecule has 156 valence electrons. The Bertz CT molecular complexity index is 977. The SMILES string of the molecule is CCOC(=O)c1ccc(N=C2SC(C(N)=O)CC(=O)N2Cc2ccc(F)cc2)cc1. The van der Waals surface area contributed by atoms with Crippen LogP contribution in [0.5, 0.6) is 0 Å². The number of carbonyl (C=O) groups is 3. The van der Waals surface area contributed by atoms with E-state index < -0.39 is 17.1 Å². The first kappa shape index (κ1) is 21.5. The average Bonchev–Trinajstić information content (AvgIpc) is 2.72. The fourth-order valence-corrected chi connectivity index (χ4v) is 3.83. The Hall–Kier alpha value is -3.20. The van der Waals surface area contributed by atoms with Crippen molar-refractivity contribution in [2.75, 3.05) is 6.61 Å². The van der Waals surface area contributed by atoms with Crippen molar-refractivity contribution in [3.05, 3.63) is 65.5 Å². The lowest BCUT2D eigenvalue weighted by Crippen LogP contribution is -2.45. The van der Waals surface area contributed by atoms with E-state index in [4.69, 9.17) is 10.5 Å². The van der Waals surface area contributed by atoms with Gasteiger partial charge in [-0.3, -0.25) is 14.5 Å². The second kappa shape index (κ2) is 9.53. The van der Waals surface area contributed by atoms with Crippen LogP contribution < -0.4 is 5.73 Å². The van der Waals surface area contributed by atoms with E-state index in [2.05, 4.69) is 4.99 Å². The van der Waals surface area contributed by atoms with Gasteiger partial charge in [0.15, 0.2) is 5.17 Å². The van der Waals surface area contributed by atoms with Crippen LogP contribution in [0.1, 0.15) is 29.3 Å². The summed E-state index contributed by atoms with van der Waals surface area (Å²) in [6.45, 7) is 2.17. The van der Waals surface area contributed by atoms with Crippen molar-refractivity contribution in [2.24, 2.45) is 10.7 Å². The lowest BCUT2D eigenvalue weighted by atomic mass is 10.2. The summed E-state index contributed by atoms with van der Waals surface area (Å²) in [4.78, 5) is 42.1. The zero-order chi connectivity index (χ0) is 21.7. The highest BCUT2D eigenvalue weighted by molar-refractivity contribution is 8.15. The predicted octanol–water partition coefficient (Wildman–Crippen LogP) is 3.01. The van der Waals surface area contributed by atoms with Crippen molar-refractivity contribution >= 4 is 40.4 Å². The van der Waals surface area contributed by atoms with Gasteiger partial charge >= 0.3 is 5.97 Å². The van der Waals surface area contributed by atoms with Gasteiger partial charge in [-0.15, -0.1) is 0 Å². The van der Waals surface area contributed by atoms with Crippen LogP contribution in [-0.2, 0) is 20.9 Å². The molecule has 0 saturated carbocycles. The Morgan fingerprint density at radius 3 is 2.47 bits per heavy atom. The zero-order valence-electron chi connectivity index (χ0n) is 16.2. The normalized spacial score (nSPS) is 17.8. The first-order chi connectivity index (χ1) is 14.4. The van der Waals surface area contributed by atoms with Crippen molar-refractivity contribution in [1.82, 2.24) is 4.90 Å². The minimum absolute atomic E-state index is 0.0397. The first-order valence-corrected chi connectivity index (χ1v) is 10.1. The van der Waals surface area contributed by atoms with E-state index in [-0.39, 0.29) is 31.3 Å². The maximum Gasteiger partial charge on any atom is 0.338 e. The van der Waals surface area contributed by atoms with Crippen LogP contribution in [-0.4, -0.2) is 39.7 Å². The Balaban J connectivity index is 1.88. The van der Waals surface area contributed by atoms with Gasteiger partial charge in [-0.1, -0.05) is 23.9 Å². The molecule has 30 heavy (non-hydrogen) atoms. The van der Waals surface area contributed by atoms with E-state index in [1.165, 1.54) is 17.0 Å². The van der Waals surface area contributed by atoms with E-state index in [0.29, 0.717) is 22.0 Å².